The van der Waals surface area contributed by atoms with Gasteiger partial charge in [-0.15, -0.1) is 10.2 Å². The number of aromatic nitrogens is 2. The van der Waals surface area contributed by atoms with Gasteiger partial charge in [0.25, 0.3) is 0 Å². The lowest BCUT2D eigenvalue weighted by molar-refractivity contribution is 0.203. The first kappa shape index (κ1) is 18.7. The number of halogens is 1. The molecule has 10 heteroatoms. The van der Waals surface area contributed by atoms with E-state index in [9.17, 15) is 8.42 Å². The SMILES string of the molecule is COc1ccc(OC2CCN(S(=O)(=O)c3cc(Cl)ccc3OC)C2)nn1. The number of hydrogen-bond donors (Lipinski definition) is 0. The normalized spacial score (nSPS) is 17.9. The van der Waals surface area contributed by atoms with Gasteiger partial charge in [0.15, 0.2) is 0 Å². The third-order valence-electron chi connectivity index (χ3n) is 3.96. The van der Waals surface area contributed by atoms with Gasteiger partial charge in [0.1, 0.15) is 16.7 Å². The summed E-state index contributed by atoms with van der Waals surface area (Å²) in [5, 5.41) is 8.05. The molecule has 0 aliphatic carbocycles. The molecule has 0 spiro atoms. The van der Waals surface area contributed by atoms with E-state index in [1.54, 1.807) is 18.2 Å². The fraction of sp³-hybridized carbons (Fsp3) is 0.375. The standard InChI is InChI=1S/C16H18ClN3O5S/c1-23-13-4-3-11(17)9-14(13)26(21,22)20-8-7-12(10-20)25-16-6-5-15(24-2)18-19-16/h3-6,9,12H,7-8,10H2,1-2H3. The molecule has 0 N–H and O–H groups in total. The molecule has 1 unspecified atom stereocenters. The van der Waals surface area contributed by atoms with Crippen molar-refractivity contribution in [2.45, 2.75) is 17.4 Å². The molecule has 1 fully saturated rings. The molecule has 2 aromatic rings. The molecule has 0 amide bonds. The Hall–Kier alpha value is -2.10. The van der Waals surface area contributed by atoms with E-state index in [0.29, 0.717) is 29.7 Å². The Labute approximate surface area is 156 Å². The smallest absolute Gasteiger partial charge is 0.246 e. The highest BCUT2D eigenvalue weighted by Crippen LogP contribution is 2.31. The summed E-state index contributed by atoms with van der Waals surface area (Å²) in [4.78, 5) is 0.0392. The first-order valence-corrected chi connectivity index (χ1v) is 9.64. The van der Waals surface area contributed by atoms with Gasteiger partial charge in [0.2, 0.25) is 21.8 Å². The maximum Gasteiger partial charge on any atom is 0.246 e. The zero-order valence-electron chi connectivity index (χ0n) is 14.3. The second-order valence-corrected chi connectivity index (χ2v) is 7.94. The number of nitrogens with zero attached hydrogens (tertiary/aromatic N) is 3. The van der Waals surface area contributed by atoms with E-state index in [4.69, 9.17) is 25.8 Å². The van der Waals surface area contributed by atoms with E-state index in [1.807, 2.05) is 0 Å². The van der Waals surface area contributed by atoms with Crippen LogP contribution in [0, 0.1) is 0 Å². The van der Waals surface area contributed by atoms with Gasteiger partial charge in [0.05, 0.1) is 20.8 Å². The van der Waals surface area contributed by atoms with Gasteiger partial charge < -0.3 is 14.2 Å². The van der Waals surface area contributed by atoms with E-state index in [1.165, 1.54) is 30.7 Å². The lowest BCUT2D eigenvalue weighted by Gasteiger charge is -2.18. The van der Waals surface area contributed by atoms with E-state index >= 15 is 0 Å². The molecule has 0 bridgehead atoms. The third kappa shape index (κ3) is 3.84. The Morgan fingerprint density at radius 1 is 1.12 bits per heavy atom. The van der Waals surface area contributed by atoms with Gasteiger partial charge in [-0.3, -0.25) is 0 Å². The van der Waals surface area contributed by atoms with E-state index in [2.05, 4.69) is 10.2 Å². The molecule has 1 aliphatic heterocycles. The third-order valence-corrected chi connectivity index (χ3v) is 6.08. The average molecular weight is 400 g/mol. The first-order chi connectivity index (χ1) is 12.4. The summed E-state index contributed by atoms with van der Waals surface area (Å²) >= 11 is 5.96. The highest BCUT2D eigenvalue weighted by Gasteiger charge is 2.35. The minimum atomic E-state index is -3.75. The Morgan fingerprint density at radius 3 is 2.50 bits per heavy atom. The van der Waals surface area contributed by atoms with Crippen LogP contribution >= 0.6 is 11.6 Å². The van der Waals surface area contributed by atoms with Crippen LogP contribution in [0.4, 0.5) is 0 Å². The Kier molecular flexibility index (Phi) is 5.49. The molecular formula is C16H18ClN3O5S. The van der Waals surface area contributed by atoms with Crippen molar-refractivity contribution >= 4 is 21.6 Å². The molecular weight excluding hydrogens is 382 g/mol. The van der Waals surface area contributed by atoms with Crippen LogP contribution in [0.2, 0.25) is 5.02 Å². The maximum absolute atomic E-state index is 12.9. The van der Waals surface area contributed by atoms with Crippen molar-refractivity contribution in [3.63, 3.8) is 0 Å². The van der Waals surface area contributed by atoms with Crippen molar-refractivity contribution in [3.05, 3.63) is 35.4 Å². The summed E-state index contributed by atoms with van der Waals surface area (Å²) in [6.45, 7) is 0.526. The molecule has 1 saturated heterocycles. The molecule has 140 valence electrons. The van der Waals surface area contributed by atoms with Gasteiger partial charge in [-0.1, -0.05) is 11.6 Å². The van der Waals surface area contributed by atoms with Crippen molar-refractivity contribution < 1.29 is 22.6 Å². The highest BCUT2D eigenvalue weighted by molar-refractivity contribution is 7.89. The van der Waals surface area contributed by atoms with Crippen LogP contribution in [0.15, 0.2) is 35.2 Å². The summed E-state index contributed by atoms with van der Waals surface area (Å²) in [6.07, 6.45) is 0.216. The topological polar surface area (TPSA) is 90.9 Å². The second-order valence-electron chi connectivity index (χ2n) is 5.60. The van der Waals surface area contributed by atoms with Crippen LogP contribution in [0.25, 0.3) is 0 Å². The zero-order valence-corrected chi connectivity index (χ0v) is 15.8. The van der Waals surface area contributed by atoms with Crippen molar-refractivity contribution in [2.24, 2.45) is 0 Å². The number of rotatable bonds is 6. The predicted molar refractivity (Wildman–Crippen MR) is 94.4 cm³/mol. The first-order valence-electron chi connectivity index (χ1n) is 7.82. The van der Waals surface area contributed by atoms with Gasteiger partial charge >= 0.3 is 0 Å². The van der Waals surface area contributed by atoms with E-state index in [0.717, 1.165) is 0 Å². The summed E-state index contributed by atoms with van der Waals surface area (Å²) < 4.78 is 43.1. The summed E-state index contributed by atoms with van der Waals surface area (Å²) in [5.74, 6) is 0.941. The van der Waals surface area contributed by atoms with Crippen molar-refractivity contribution in [1.82, 2.24) is 14.5 Å². The quantitative estimate of drug-likeness (QED) is 0.733. The van der Waals surface area contributed by atoms with Gasteiger partial charge in [-0.25, -0.2) is 8.42 Å². The van der Waals surface area contributed by atoms with Gasteiger partial charge in [-0.05, 0) is 24.6 Å². The maximum atomic E-state index is 12.9. The molecule has 1 aromatic carbocycles. The van der Waals surface area contributed by atoms with Gasteiger partial charge in [0, 0.05) is 23.7 Å². The minimum absolute atomic E-state index is 0.0392. The number of ether oxygens (including phenoxy) is 3. The molecule has 1 atom stereocenters. The minimum Gasteiger partial charge on any atom is -0.495 e. The van der Waals surface area contributed by atoms with Crippen molar-refractivity contribution in [1.29, 1.82) is 0 Å². The van der Waals surface area contributed by atoms with Crippen LogP contribution in [0.3, 0.4) is 0 Å². The molecule has 1 aromatic heterocycles. The van der Waals surface area contributed by atoms with Crippen LogP contribution in [0.1, 0.15) is 6.42 Å². The fourth-order valence-corrected chi connectivity index (χ4v) is 4.56. The number of benzene rings is 1. The second kappa shape index (κ2) is 7.65. The van der Waals surface area contributed by atoms with Crippen molar-refractivity contribution in [3.8, 4) is 17.5 Å². The van der Waals surface area contributed by atoms with Crippen LogP contribution in [0.5, 0.6) is 17.5 Å². The Balaban J connectivity index is 1.74. The van der Waals surface area contributed by atoms with Gasteiger partial charge in [-0.2, -0.15) is 4.31 Å². The molecule has 0 radical (unpaired) electrons. The Bertz CT molecular complexity index is 876. The monoisotopic (exact) mass is 399 g/mol. The molecule has 2 heterocycles. The van der Waals surface area contributed by atoms with Crippen LogP contribution in [-0.4, -0.2) is 56.3 Å². The molecule has 26 heavy (non-hydrogen) atoms. The van der Waals surface area contributed by atoms with E-state index in [-0.39, 0.29) is 23.3 Å². The number of methoxy groups -OCH3 is 2. The van der Waals surface area contributed by atoms with Crippen molar-refractivity contribution in [2.75, 3.05) is 27.3 Å². The molecule has 1 aliphatic rings. The summed E-state index contributed by atoms with van der Waals surface area (Å²) in [7, 11) is -0.840. The van der Waals surface area contributed by atoms with Crippen LogP contribution in [-0.2, 0) is 10.0 Å². The zero-order chi connectivity index (χ0) is 18.7. The van der Waals surface area contributed by atoms with Crippen LogP contribution < -0.4 is 14.2 Å². The largest absolute Gasteiger partial charge is 0.495 e. The fourth-order valence-electron chi connectivity index (χ4n) is 2.65. The number of sulfonamides is 1. The average Bonchev–Trinajstić information content (AvgIpc) is 3.11. The summed E-state index contributed by atoms with van der Waals surface area (Å²) in [6, 6.07) is 7.76. The Morgan fingerprint density at radius 2 is 1.85 bits per heavy atom. The molecule has 0 saturated carbocycles. The number of hydrogen-bond acceptors (Lipinski definition) is 7. The molecule has 8 nitrogen and oxygen atoms in total. The predicted octanol–water partition coefficient (Wildman–Crippen LogP) is 1.99. The lowest BCUT2D eigenvalue weighted by atomic mass is 10.3. The highest BCUT2D eigenvalue weighted by atomic mass is 35.5. The summed E-state index contributed by atoms with van der Waals surface area (Å²) in [5.41, 5.74) is 0. The lowest BCUT2D eigenvalue weighted by Crippen LogP contribution is -2.31. The van der Waals surface area contributed by atoms with E-state index < -0.39 is 10.0 Å². The molecule has 3 rings (SSSR count).